The topological polar surface area (TPSA) is 58.1 Å². The van der Waals surface area contributed by atoms with Crippen molar-refractivity contribution in [2.75, 3.05) is 18.4 Å². The van der Waals surface area contributed by atoms with E-state index in [1.807, 2.05) is 4.90 Å². The molecule has 1 N–H and O–H groups in total. The zero-order valence-electron chi connectivity index (χ0n) is 14.2. The van der Waals surface area contributed by atoms with Crippen LogP contribution in [0.1, 0.15) is 36.1 Å². The van der Waals surface area contributed by atoms with Crippen LogP contribution in [0.25, 0.3) is 0 Å². The summed E-state index contributed by atoms with van der Waals surface area (Å²) in [6, 6.07) is 6.91. The highest BCUT2D eigenvalue weighted by Crippen LogP contribution is 2.27. The molecule has 7 heteroatoms. The lowest BCUT2D eigenvalue weighted by atomic mass is 10.00. The summed E-state index contributed by atoms with van der Waals surface area (Å²) in [5.41, 5.74) is 1.15. The number of halogens is 2. The number of nitrogens with one attached hydrogen (secondary N) is 1. The third-order valence-corrected chi connectivity index (χ3v) is 4.93. The van der Waals surface area contributed by atoms with Crippen molar-refractivity contribution in [1.29, 1.82) is 0 Å². The number of aromatic nitrogens is 2. The molecular weight excluding hydrogens is 359 g/mol. The Balaban J connectivity index is 1.82. The smallest absolute Gasteiger partial charge is 0.272 e. The van der Waals surface area contributed by atoms with Gasteiger partial charge in [0.1, 0.15) is 17.3 Å². The van der Waals surface area contributed by atoms with Crippen LogP contribution in [0.3, 0.4) is 0 Å². The van der Waals surface area contributed by atoms with E-state index in [2.05, 4.69) is 22.2 Å². The maximum Gasteiger partial charge on any atom is 0.272 e. The van der Waals surface area contributed by atoms with Crippen LogP contribution in [0.2, 0.25) is 10.0 Å². The molecule has 0 spiro atoms. The molecule has 25 heavy (non-hydrogen) atoms. The Labute approximate surface area is 157 Å². The molecule has 3 rings (SSSR count). The van der Waals surface area contributed by atoms with E-state index in [0.29, 0.717) is 33.3 Å². The van der Waals surface area contributed by atoms with Gasteiger partial charge in [-0.2, -0.15) is 0 Å². The van der Waals surface area contributed by atoms with Gasteiger partial charge in [0.15, 0.2) is 0 Å². The number of rotatable bonds is 3. The minimum absolute atomic E-state index is 0.0470. The summed E-state index contributed by atoms with van der Waals surface area (Å²) in [5, 5.41) is 4.10. The van der Waals surface area contributed by atoms with Crippen molar-refractivity contribution < 1.29 is 4.79 Å². The fraction of sp³-hybridized carbons (Fsp3) is 0.389. The molecule has 1 aromatic carbocycles. The van der Waals surface area contributed by atoms with Crippen molar-refractivity contribution >= 4 is 40.6 Å². The molecular formula is C18H20Cl2N4O. The fourth-order valence-corrected chi connectivity index (χ4v) is 3.30. The highest BCUT2D eigenvalue weighted by Gasteiger charge is 2.23. The largest absolute Gasteiger partial charge is 0.340 e. The monoisotopic (exact) mass is 378 g/mol. The van der Waals surface area contributed by atoms with Gasteiger partial charge >= 0.3 is 0 Å². The van der Waals surface area contributed by atoms with E-state index in [1.54, 1.807) is 31.2 Å². The van der Waals surface area contributed by atoms with E-state index in [-0.39, 0.29) is 5.91 Å². The number of carbonyl (C=O) groups is 1. The van der Waals surface area contributed by atoms with Crippen LogP contribution in [0, 0.1) is 12.8 Å². The van der Waals surface area contributed by atoms with Gasteiger partial charge < -0.3 is 10.2 Å². The standard InChI is InChI=1S/C18H20Cl2N4O/c1-11-4-3-7-24(10-11)18(25)16-9-17(22-12(2)21-16)23-13-5-6-14(19)15(20)8-13/h5-6,8-9,11H,3-4,7,10H2,1-2H3,(H,21,22,23). The lowest BCUT2D eigenvalue weighted by molar-refractivity contribution is 0.0676. The van der Waals surface area contributed by atoms with E-state index >= 15 is 0 Å². The molecule has 2 heterocycles. The molecule has 1 amide bonds. The molecule has 1 fully saturated rings. The van der Waals surface area contributed by atoms with Crippen molar-refractivity contribution in [2.24, 2.45) is 5.92 Å². The summed E-state index contributed by atoms with van der Waals surface area (Å²) in [5.74, 6) is 1.57. The number of carbonyl (C=O) groups excluding carboxylic acids is 1. The Morgan fingerprint density at radius 2 is 2.04 bits per heavy atom. The highest BCUT2D eigenvalue weighted by atomic mass is 35.5. The van der Waals surface area contributed by atoms with Gasteiger partial charge in [0.05, 0.1) is 10.0 Å². The van der Waals surface area contributed by atoms with Crippen molar-refractivity contribution in [3.63, 3.8) is 0 Å². The normalized spacial score (nSPS) is 17.4. The van der Waals surface area contributed by atoms with Crippen LogP contribution in [-0.2, 0) is 0 Å². The Morgan fingerprint density at radius 1 is 1.24 bits per heavy atom. The number of piperidine rings is 1. The number of likely N-dealkylation sites (tertiary alicyclic amines) is 1. The molecule has 5 nitrogen and oxygen atoms in total. The summed E-state index contributed by atoms with van der Waals surface area (Å²) in [7, 11) is 0. The van der Waals surface area contributed by atoms with E-state index in [9.17, 15) is 4.79 Å². The van der Waals surface area contributed by atoms with Crippen molar-refractivity contribution in [3.05, 3.63) is 45.8 Å². The number of nitrogens with zero attached hydrogens (tertiary/aromatic N) is 3. The molecule has 0 saturated carbocycles. The summed E-state index contributed by atoms with van der Waals surface area (Å²) in [6.07, 6.45) is 2.20. The second-order valence-corrected chi connectivity index (χ2v) is 7.25. The summed E-state index contributed by atoms with van der Waals surface area (Å²) in [4.78, 5) is 23.3. The van der Waals surface area contributed by atoms with Gasteiger partial charge in [-0.1, -0.05) is 30.1 Å². The first-order valence-electron chi connectivity index (χ1n) is 8.29. The number of benzene rings is 1. The Hall–Kier alpha value is -1.85. The third-order valence-electron chi connectivity index (χ3n) is 4.19. The predicted octanol–water partition coefficient (Wildman–Crippen LogP) is 4.71. The SMILES string of the molecule is Cc1nc(Nc2ccc(Cl)c(Cl)c2)cc(C(=O)N2CCCC(C)C2)n1. The zero-order chi connectivity index (χ0) is 18.0. The molecule has 1 aliphatic heterocycles. The average molecular weight is 379 g/mol. The van der Waals surface area contributed by atoms with Crippen LogP contribution < -0.4 is 5.32 Å². The second kappa shape index (κ2) is 7.58. The van der Waals surface area contributed by atoms with Gasteiger partial charge in [-0.05, 0) is 43.9 Å². The van der Waals surface area contributed by atoms with Crippen molar-refractivity contribution in [1.82, 2.24) is 14.9 Å². The maximum absolute atomic E-state index is 12.8. The predicted molar refractivity (Wildman–Crippen MR) is 101 cm³/mol. The van der Waals surface area contributed by atoms with Gasteiger partial charge in [0.25, 0.3) is 5.91 Å². The number of anilines is 2. The highest BCUT2D eigenvalue weighted by molar-refractivity contribution is 6.42. The third kappa shape index (κ3) is 4.41. The Kier molecular flexibility index (Phi) is 5.45. The maximum atomic E-state index is 12.8. The first-order chi connectivity index (χ1) is 11.9. The average Bonchev–Trinajstić information content (AvgIpc) is 2.57. The zero-order valence-corrected chi connectivity index (χ0v) is 15.7. The minimum atomic E-state index is -0.0470. The first kappa shape index (κ1) is 18.0. The summed E-state index contributed by atoms with van der Waals surface area (Å²) < 4.78 is 0. The molecule has 0 aliphatic carbocycles. The van der Waals surface area contributed by atoms with Crippen LogP contribution in [0.5, 0.6) is 0 Å². The van der Waals surface area contributed by atoms with E-state index < -0.39 is 0 Å². The van der Waals surface area contributed by atoms with E-state index in [4.69, 9.17) is 23.2 Å². The van der Waals surface area contributed by atoms with Crippen molar-refractivity contribution in [2.45, 2.75) is 26.7 Å². The molecule has 0 radical (unpaired) electrons. The molecule has 132 valence electrons. The van der Waals surface area contributed by atoms with Crippen LogP contribution in [0.15, 0.2) is 24.3 Å². The number of hydrogen-bond acceptors (Lipinski definition) is 4. The Morgan fingerprint density at radius 3 is 2.76 bits per heavy atom. The number of aryl methyl sites for hydroxylation is 1. The van der Waals surface area contributed by atoms with Gasteiger partial charge in [-0.15, -0.1) is 0 Å². The van der Waals surface area contributed by atoms with Crippen LogP contribution in [-0.4, -0.2) is 33.9 Å². The van der Waals surface area contributed by atoms with Gasteiger partial charge in [-0.3, -0.25) is 4.79 Å². The minimum Gasteiger partial charge on any atom is -0.340 e. The molecule has 1 atom stereocenters. The first-order valence-corrected chi connectivity index (χ1v) is 9.05. The summed E-state index contributed by atoms with van der Waals surface area (Å²) >= 11 is 12.0. The summed E-state index contributed by atoms with van der Waals surface area (Å²) in [6.45, 7) is 5.50. The molecule has 1 aromatic heterocycles. The second-order valence-electron chi connectivity index (χ2n) is 6.44. The van der Waals surface area contributed by atoms with Crippen LogP contribution >= 0.6 is 23.2 Å². The van der Waals surface area contributed by atoms with E-state index in [0.717, 1.165) is 31.6 Å². The lowest BCUT2D eigenvalue weighted by Crippen LogP contribution is -2.39. The molecule has 1 aliphatic rings. The van der Waals surface area contributed by atoms with Gasteiger partial charge in [0.2, 0.25) is 0 Å². The molecule has 1 unspecified atom stereocenters. The quantitative estimate of drug-likeness (QED) is 0.839. The molecule has 1 saturated heterocycles. The Bertz CT molecular complexity index is 797. The number of amides is 1. The lowest BCUT2D eigenvalue weighted by Gasteiger charge is -2.30. The number of hydrogen-bond donors (Lipinski definition) is 1. The van der Waals surface area contributed by atoms with Gasteiger partial charge in [0, 0.05) is 24.8 Å². The van der Waals surface area contributed by atoms with E-state index in [1.165, 1.54) is 0 Å². The van der Waals surface area contributed by atoms with Crippen molar-refractivity contribution in [3.8, 4) is 0 Å². The molecule has 2 aromatic rings. The van der Waals surface area contributed by atoms with Crippen LogP contribution in [0.4, 0.5) is 11.5 Å². The molecule has 0 bridgehead atoms. The fourth-order valence-electron chi connectivity index (χ4n) is 3.00. The van der Waals surface area contributed by atoms with Gasteiger partial charge in [-0.25, -0.2) is 9.97 Å².